The van der Waals surface area contributed by atoms with E-state index in [9.17, 15) is 13.2 Å². The van der Waals surface area contributed by atoms with E-state index in [1.807, 2.05) is 26.0 Å². The Hall–Kier alpha value is -2.09. The van der Waals surface area contributed by atoms with Gasteiger partial charge in [0, 0.05) is 18.2 Å². The molecule has 1 amide bonds. The topological polar surface area (TPSA) is 87.3 Å². The van der Waals surface area contributed by atoms with Crippen LogP contribution in [-0.2, 0) is 10.0 Å². The SMILES string of the molecule is Cc1cccc(NS(=O)(=O)c2ccc(C(=O)NC3CCCNC3)cc2)c1C.Cl. The summed E-state index contributed by atoms with van der Waals surface area (Å²) in [6, 6.07) is 11.6. The maximum Gasteiger partial charge on any atom is 0.261 e. The number of benzene rings is 2. The van der Waals surface area contributed by atoms with Gasteiger partial charge in [0.1, 0.15) is 0 Å². The highest BCUT2D eigenvalue weighted by Crippen LogP contribution is 2.22. The molecule has 0 spiro atoms. The molecule has 6 nitrogen and oxygen atoms in total. The van der Waals surface area contributed by atoms with Gasteiger partial charge in [-0.15, -0.1) is 12.4 Å². The molecule has 3 N–H and O–H groups in total. The van der Waals surface area contributed by atoms with Gasteiger partial charge in [0.05, 0.1) is 10.6 Å². The summed E-state index contributed by atoms with van der Waals surface area (Å²) in [5.41, 5.74) is 2.91. The average Bonchev–Trinajstić information content (AvgIpc) is 2.66. The van der Waals surface area contributed by atoms with Crippen LogP contribution in [0.4, 0.5) is 5.69 Å². The predicted octanol–water partition coefficient (Wildman–Crippen LogP) is 3.01. The summed E-state index contributed by atoms with van der Waals surface area (Å²) in [4.78, 5) is 12.5. The number of nitrogens with one attached hydrogen (secondary N) is 3. The molecule has 152 valence electrons. The minimum absolute atomic E-state index is 0. The number of rotatable bonds is 5. The molecule has 1 aliphatic heterocycles. The summed E-state index contributed by atoms with van der Waals surface area (Å²) >= 11 is 0. The van der Waals surface area contributed by atoms with Crippen molar-refractivity contribution < 1.29 is 13.2 Å². The molecule has 1 saturated heterocycles. The third-order valence-electron chi connectivity index (χ3n) is 4.91. The van der Waals surface area contributed by atoms with Crippen LogP contribution < -0.4 is 15.4 Å². The number of hydrogen-bond acceptors (Lipinski definition) is 4. The van der Waals surface area contributed by atoms with Crippen LogP contribution in [0, 0.1) is 13.8 Å². The molecule has 1 aliphatic rings. The monoisotopic (exact) mass is 423 g/mol. The fraction of sp³-hybridized carbons (Fsp3) is 0.350. The maximum atomic E-state index is 12.6. The summed E-state index contributed by atoms with van der Waals surface area (Å²) in [5, 5.41) is 6.23. The highest BCUT2D eigenvalue weighted by molar-refractivity contribution is 7.92. The van der Waals surface area contributed by atoms with Gasteiger partial charge in [-0.1, -0.05) is 12.1 Å². The van der Waals surface area contributed by atoms with E-state index in [1.54, 1.807) is 18.2 Å². The van der Waals surface area contributed by atoms with Crippen LogP contribution in [0.2, 0.25) is 0 Å². The van der Waals surface area contributed by atoms with Crippen molar-refractivity contribution in [2.75, 3.05) is 17.8 Å². The Morgan fingerprint density at radius 1 is 1.11 bits per heavy atom. The predicted molar refractivity (Wildman–Crippen MR) is 114 cm³/mol. The van der Waals surface area contributed by atoms with Gasteiger partial charge in [-0.05, 0) is 74.7 Å². The highest BCUT2D eigenvalue weighted by atomic mass is 35.5. The second kappa shape index (κ2) is 9.41. The lowest BCUT2D eigenvalue weighted by Gasteiger charge is -2.23. The average molecular weight is 424 g/mol. The number of anilines is 1. The zero-order chi connectivity index (χ0) is 19.4. The Morgan fingerprint density at radius 2 is 1.82 bits per heavy atom. The smallest absolute Gasteiger partial charge is 0.261 e. The number of hydrogen-bond donors (Lipinski definition) is 3. The van der Waals surface area contributed by atoms with Crippen molar-refractivity contribution in [3.05, 3.63) is 59.2 Å². The van der Waals surface area contributed by atoms with Crippen molar-refractivity contribution in [1.29, 1.82) is 0 Å². The lowest BCUT2D eigenvalue weighted by atomic mass is 10.1. The van der Waals surface area contributed by atoms with E-state index in [2.05, 4.69) is 15.4 Å². The van der Waals surface area contributed by atoms with Crippen molar-refractivity contribution in [1.82, 2.24) is 10.6 Å². The first-order valence-corrected chi connectivity index (χ1v) is 10.6. The van der Waals surface area contributed by atoms with E-state index in [4.69, 9.17) is 0 Å². The van der Waals surface area contributed by atoms with Crippen molar-refractivity contribution in [2.45, 2.75) is 37.6 Å². The fourth-order valence-corrected chi connectivity index (χ4v) is 4.22. The van der Waals surface area contributed by atoms with Crippen LogP contribution in [-0.4, -0.2) is 33.5 Å². The van der Waals surface area contributed by atoms with E-state index < -0.39 is 10.0 Å². The molecular weight excluding hydrogens is 398 g/mol. The van der Waals surface area contributed by atoms with Gasteiger partial charge < -0.3 is 10.6 Å². The van der Waals surface area contributed by atoms with E-state index in [0.717, 1.165) is 37.1 Å². The number of aryl methyl sites for hydroxylation is 1. The van der Waals surface area contributed by atoms with Gasteiger partial charge in [0.2, 0.25) is 0 Å². The molecule has 1 fully saturated rings. The zero-order valence-electron chi connectivity index (χ0n) is 16.0. The second-order valence-corrected chi connectivity index (χ2v) is 8.58. The minimum Gasteiger partial charge on any atom is -0.348 e. The largest absolute Gasteiger partial charge is 0.348 e. The first kappa shape index (κ1) is 22.2. The summed E-state index contributed by atoms with van der Waals surface area (Å²) < 4.78 is 27.9. The quantitative estimate of drug-likeness (QED) is 0.689. The zero-order valence-corrected chi connectivity index (χ0v) is 17.6. The Balaban J connectivity index is 0.00000280. The van der Waals surface area contributed by atoms with Gasteiger partial charge in [-0.3, -0.25) is 9.52 Å². The first-order valence-electron chi connectivity index (χ1n) is 9.07. The van der Waals surface area contributed by atoms with E-state index in [0.29, 0.717) is 11.3 Å². The van der Waals surface area contributed by atoms with E-state index in [-0.39, 0.29) is 29.3 Å². The van der Waals surface area contributed by atoms with Gasteiger partial charge in [0.15, 0.2) is 0 Å². The Bertz CT molecular complexity index is 924. The van der Waals surface area contributed by atoms with Crippen LogP contribution >= 0.6 is 12.4 Å². The molecule has 1 unspecified atom stereocenters. The number of halogens is 1. The standard InChI is InChI=1S/C20H25N3O3S.ClH/c1-14-5-3-7-19(15(14)2)23-27(25,26)18-10-8-16(9-11-18)20(24)22-17-6-4-12-21-13-17;/h3,5,7-11,17,21,23H,4,6,12-13H2,1-2H3,(H,22,24);1H. The molecule has 0 aromatic heterocycles. The molecule has 0 bridgehead atoms. The van der Waals surface area contributed by atoms with Crippen molar-refractivity contribution in [2.24, 2.45) is 0 Å². The van der Waals surface area contributed by atoms with Crippen molar-refractivity contribution in [3.63, 3.8) is 0 Å². The molecular formula is C20H26ClN3O3S. The second-order valence-electron chi connectivity index (χ2n) is 6.89. The number of carbonyl (C=O) groups excluding carboxylic acids is 1. The van der Waals surface area contributed by atoms with Crippen LogP contribution in [0.5, 0.6) is 0 Å². The highest BCUT2D eigenvalue weighted by Gasteiger charge is 2.19. The Morgan fingerprint density at radius 3 is 2.46 bits per heavy atom. The number of sulfonamides is 1. The lowest BCUT2D eigenvalue weighted by molar-refractivity contribution is 0.0930. The van der Waals surface area contributed by atoms with E-state index in [1.165, 1.54) is 12.1 Å². The van der Waals surface area contributed by atoms with Crippen LogP contribution in [0.25, 0.3) is 0 Å². The molecule has 0 saturated carbocycles. The van der Waals surface area contributed by atoms with Gasteiger partial charge >= 0.3 is 0 Å². The number of carbonyl (C=O) groups is 1. The molecule has 0 aliphatic carbocycles. The van der Waals surface area contributed by atoms with Crippen LogP contribution in [0.1, 0.15) is 34.3 Å². The van der Waals surface area contributed by atoms with Crippen molar-refractivity contribution >= 4 is 34.0 Å². The molecule has 8 heteroatoms. The molecule has 2 aromatic rings. The third kappa shape index (κ3) is 5.25. The maximum absolute atomic E-state index is 12.6. The van der Waals surface area contributed by atoms with Crippen LogP contribution in [0.3, 0.4) is 0 Å². The number of amides is 1. The molecule has 2 aromatic carbocycles. The van der Waals surface area contributed by atoms with Gasteiger partial charge in [0.25, 0.3) is 15.9 Å². The molecule has 28 heavy (non-hydrogen) atoms. The fourth-order valence-electron chi connectivity index (χ4n) is 3.09. The third-order valence-corrected chi connectivity index (χ3v) is 6.29. The summed E-state index contributed by atoms with van der Waals surface area (Å²) in [6.45, 7) is 5.55. The van der Waals surface area contributed by atoms with E-state index >= 15 is 0 Å². The molecule has 1 heterocycles. The normalized spacial score (nSPS) is 16.7. The Labute approximate surface area is 172 Å². The summed E-state index contributed by atoms with van der Waals surface area (Å²) in [6.07, 6.45) is 1.98. The first-order chi connectivity index (χ1) is 12.9. The van der Waals surface area contributed by atoms with Gasteiger partial charge in [-0.2, -0.15) is 0 Å². The summed E-state index contributed by atoms with van der Waals surface area (Å²) in [5.74, 6) is -0.185. The molecule has 0 radical (unpaired) electrons. The lowest BCUT2D eigenvalue weighted by Crippen LogP contribution is -2.45. The van der Waals surface area contributed by atoms with Crippen LogP contribution in [0.15, 0.2) is 47.4 Å². The summed E-state index contributed by atoms with van der Waals surface area (Å²) in [7, 11) is -3.71. The number of piperidine rings is 1. The minimum atomic E-state index is -3.71. The van der Waals surface area contributed by atoms with Crippen molar-refractivity contribution in [3.8, 4) is 0 Å². The Kier molecular flexibility index (Phi) is 7.46. The molecule has 1 atom stereocenters. The van der Waals surface area contributed by atoms with Gasteiger partial charge in [-0.25, -0.2) is 8.42 Å². The molecule has 3 rings (SSSR count).